The first kappa shape index (κ1) is 16.9. The SMILES string of the molecule is C#CCCOC(=O)C(ON(C)O)C(=O)OCCC#C. The molecule has 0 atom stereocenters. The lowest BCUT2D eigenvalue weighted by atomic mass is 10.3. The molecule has 0 aliphatic rings. The zero-order valence-electron chi connectivity index (χ0n) is 10.5. The molecular formula is C12H15NO6. The normalized spacial score (nSPS) is 9.79. The maximum absolute atomic E-state index is 11.5. The number of carbonyl (C=O) groups excluding carboxylic acids is 2. The third-order valence-electron chi connectivity index (χ3n) is 1.67. The van der Waals surface area contributed by atoms with E-state index in [1.54, 1.807) is 0 Å². The monoisotopic (exact) mass is 269 g/mol. The Bertz CT molecular complexity index is 347. The van der Waals surface area contributed by atoms with Gasteiger partial charge in [0.1, 0.15) is 13.2 Å². The Labute approximate surface area is 111 Å². The van der Waals surface area contributed by atoms with Gasteiger partial charge in [-0.1, -0.05) is 5.23 Å². The van der Waals surface area contributed by atoms with E-state index in [2.05, 4.69) is 26.2 Å². The molecule has 1 N–H and O–H groups in total. The highest BCUT2D eigenvalue weighted by molar-refractivity contribution is 5.98. The van der Waals surface area contributed by atoms with Crippen LogP contribution in [0.15, 0.2) is 0 Å². The second kappa shape index (κ2) is 9.92. The fourth-order valence-electron chi connectivity index (χ4n) is 0.907. The summed E-state index contributed by atoms with van der Waals surface area (Å²) in [6.07, 6.45) is 8.62. The summed E-state index contributed by atoms with van der Waals surface area (Å²) < 4.78 is 9.38. The van der Waals surface area contributed by atoms with Gasteiger partial charge in [-0.2, -0.15) is 0 Å². The minimum absolute atomic E-state index is 0.0675. The van der Waals surface area contributed by atoms with E-state index in [4.69, 9.17) is 18.1 Å². The van der Waals surface area contributed by atoms with E-state index < -0.39 is 18.0 Å². The van der Waals surface area contributed by atoms with E-state index in [1.165, 1.54) is 0 Å². The van der Waals surface area contributed by atoms with Crippen LogP contribution in [-0.4, -0.2) is 48.7 Å². The fourth-order valence-corrected chi connectivity index (χ4v) is 0.907. The molecule has 0 amide bonds. The van der Waals surface area contributed by atoms with E-state index in [0.717, 1.165) is 7.05 Å². The lowest BCUT2D eigenvalue weighted by Crippen LogP contribution is -2.40. The van der Waals surface area contributed by atoms with Crippen molar-refractivity contribution in [2.24, 2.45) is 0 Å². The van der Waals surface area contributed by atoms with Crippen molar-refractivity contribution >= 4 is 11.9 Å². The maximum atomic E-state index is 11.5. The van der Waals surface area contributed by atoms with E-state index >= 15 is 0 Å². The standard InChI is InChI=1S/C12H15NO6/c1-4-6-8-17-11(14)10(19-13(3)16)12(15)18-9-7-5-2/h1-2,10,16H,6-9H2,3H3. The van der Waals surface area contributed by atoms with Gasteiger partial charge >= 0.3 is 11.9 Å². The Balaban J connectivity index is 4.44. The first-order valence-electron chi connectivity index (χ1n) is 5.32. The Morgan fingerprint density at radius 1 is 1.16 bits per heavy atom. The van der Waals surface area contributed by atoms with Gasteiger partial charge in [-0.3, -0.25) is 5.21 Å². The van der Waals surface area contributed by atoms with Crippen molar-refractivity contribution in [2.75, 3.05) is 20.3 Å². The van der Waals surface area contributed by atoms with Gasteiger partial charge in [0.2, 0.25) is 0 Å². The molecule has 0 aromatic carbocycles. The average molecular weight is 269 g/mol. The van der Waals surface area contributed by atoms with E-state index in [9.17, 15) is 9.59 Å². The van der Waals surface area contributed by atoms with Gasteiger partial charge in [0.05, 0.1) is 0 Å². The van der Waals surface area contributed by atoms with Crippen molar-refractivity contribution < 1.29 is 29.1 Å². The number of hydrogen-bond donors (Lipinski definition) is 1. The summed E-state index contributed by atoms with van der Waals surface area (Å²) in [6.45, 7) is -0.135. The van der Waals surface area contributed by atoms with Gasteiger partial charge in [-0.05, 0) is 0 Å². The highest BCUT2D eigenvalue weighted by atomic mass is 16.9. The summed E-state index contributed by atoms with van der Waals surface area (Å²) in [5.41, 5.74) is 0. The molecule has 7 nitrogen and oxygen atoms in total. The number of hydroxylamine groups is 2. The Morgan fingerprint density at radius 2 is 1.58 bits per heavy atom. The molecule has 19 heavy (non-hydrogen) atoms. The van der Waals surface area contributed by atoms with Gasteiger partial charge < -0.3 is 9.47 Å². The average Bonchev–Trinajstić information content (AvgIpc) is 2.36. The molecular weight excluding hydrogens is 254 g/mol. The van der Waals surface area contributed by atoms with Crippen LogP contribution < -0.4 is 0 Å². The molecule has 104 valence electrons. The molecule has 0 unspecified atom stereocenters. The smallest absolute Gasteiger partial charge is 0.349 e. The van der Waals surface area contributed by atoms with Gasteiger partial charge in [0.15, 0.2) is 0 Å². The predicted molar refractivity (Wildman–Crippen MR) is 63.2 cm³/mol. The number of rotatable bonds is 8. The third kappa shape index (κ3) is 7.79. The summed E-state index contributed by atoms with van der Waals surface area (Å²) in [5.74, 6) is 2.49. The lowest BCUT2D eigenvalue weighted by molar-refractivity contribution is -0.338. The quantitative estimate of drug-likeness (QED) is 0.214. The second-order valence-electron chi connectivity index (χ2n) is 3.19. The fraction of sp³-hybridized carbons (Fsp3) is 0.500. The van der Waals surface area contributed by atoms with Crippen molar-refractivity contribution in [3.8, 4) is 24.7 Å². The summed E-state index contributed by atoms with van der Waals surface area (Å²) in [7, 11) is 1.08. The molecule has 0 aliphatic heterocycles. The molecule has 7 heteroatoms. The van der Waals surface area contributed by atoms with Crippen molar-refractivity contribution in [3.63, 3.8) is 0 Å². The summed E-state index contributed by atoms with van der Waals surface area (Å²) in [6, 6.07) is 0. The predicted octanol–water partition coefficient (Wildman–Crippen LogP) is -0.259. The molecule has 0 fully saturated rings. The van der Waals surface area contributed by atoms with Gasteiger partial charge in [0, 0.05) is 19.9 Å². The van der Waals surface area contributed by atoms with Crippen molar-refractivity contribution in [2.45, 2.75) is 18.9 Å². The lowest BCUT2D eigenvalue weighted by Gasteiger charge is -2.17. The highest BCUT2D eigenvalue weighted by Crippen LogP contribution is 2.02. The van der Waals surface area contributed by atoms with Crippen LogP contribution in [0.1, 0.15) is 12.8 Å². The number of terminal acetylenes is 2. The Kier molecular flexibility index (Phi) is 8.84. The van der Waals surface area contributed by atoms with Crippen molar-refractivity contribution in [3.05, 3.63) is 0 Å². The van der Waals surface area contributed by atoms with Crippen LogP contribution in [0.5, 0.6) is 0 Å². The zero-order valence-corrected chi connectivity index (χ0v) is 10.5. The Hall–Kier alpha value is -2.06. The summed E-state index contributed by atoms with van der Waals surface area (Å²) in [4.78, 5) is 27.6. The highest BCUT2D eigenvalue weighted by Gasteiger charge is 2.32. The maximum Gasteiger partial charge on any atom is 0.349 e. The minimum atomic E-state index is -1.73. The molecule has 0 saturated carbocycles. The van der Waals surface area contributed by atoms with Gasteiger partial charge in [-0.15, -0.1) is 24.7 Å². The summed E-state index contributed by atoms with van der Waals surface area (Å²) in [5, 5.41) is 9.10. The third-order valence-corrected chi connectivity index (χ3v) is 1.67. The molecule has 0 aromatic rings. The molecule has 0 rings (SSSR count). The number of carbonyl (C=O) groups is 2. The summed E-state index contributed by atoms with van der Waals surface area (Å²) >= 11 is 0. The minimum Gasteiger partial charge on any atom is -0.462 e. The molecule has 0 aliphatic carbocycles. The zero-order chi connectivity index (χ0) is 14.7. The van der Waals surface area contributed by atoms with Crippen LogP contribution in [0.4, 0.5) is 0 Å². The number of esters is 2. The van der Waals surface area contributed by atoms with Crippen LogP contribution >= 0.6 is 0 Å². The first-order valence-corrected chi connectivity index (χ1v) is 5.32. The van der Waals surface area contributed by atoms with Crippen molar-refractivity contribution in [1.29, 1.82) is 0 Å². The van der Waals surface area contributed by atoms with E-state index in [1.807, 2.05) is 0 Å². The number of hydrogen-bond acceptors (Lipinski definition) is 7. The molecule has 0 spiro atoms. The van der Waals surface area contributed by atoms with E-state index in [-0.39, 0.29) is 31.3 Å². The molecule has 0 saturated heterocycles. The second-order valence-corrected chi connectivity index (χ2v) is 3.19. The molecule has 0 heterocycles. The van der Waals surface area contributed by atoms with Crippen LogP contribution in [0.2, 0.25) is 0 Å². The van der Waals surface area contributed by atoms with Crippen molar-refractivity contribution in [1.82, 2.24) is 5.23 Å². The largest absolute Gasteiger partial charge is 0.462 e. The van der Waals surface area contributed by atoms with Crippen LogP contribution in [0.3, 0.4) is 0 Å². The molecule has 0 radical (unpaired) electrons. The van der Waals surface area contributed by atoms with Crippen LogP contribution in [0, 0.1) is 24.7 Å². The first-order chi connectivity index (χ1) is 9.02. The van der Waals surface area contributed by atoms with Crippen LogP contribution in [0.25, 0.3) is 0 Å². The van der Waals surface area contributed by atoms with Gasteiger partial charge in [0.25, 0.3) is 6.10 Å². The molecule has 0 bridgehead atoms. The van der Waals surface area contributed by atoms with E-state index in [0.29, 0.717) is 0 Å². The number of ether oxygens (including phenoxy) is 2. The topological polar surface area (TPSA) is 85.3 Å². The molecule has 0 aromatic heterocycles. The Morgan fingerprint density at radius 3 is 1.89 bits per heavy atom. The van der Waals surface area contributed by atoms with Gasteiger partial charge in [-0.25, -0.2) is 14.4 Å². The number of nitrogens with zero attached hydrogens (tertiary/aromatic N) is 1. The van der Waals surface area contributed by atoms with Crippen LogP contribution in [-0.2, 0) is 23.9 Å².